The van der Waals surface area contributed by atoms with Crippen molar-refractivity contribution >= 4 is 0 Å². The lowest BCUT2D eigenvalue weighted by atomic mass is 10.4. The predicted octanol–water partition coefficient (Wildman–Crippen LogP) is 1.23. The third-order valence-electron chi connectivity index (χ3n) is 1.68. The average molecular weight is 209 g/mol. The lowest BCUT2D eigenvalue weighted by Gasteiger charge is -2.03. The predicted molar refractivity (Wildman–Crippen MR) is 47.7 cm³/mol. The van der Waals surface area contributed by atoms with E-state index in [-0.39, 0.29) is 12.5 Å². The van der Waals surface area contributed by atoms with Crippen LogP contribution in [-0.2, 0) is 6.42 Å². The van der Waals surface area contributed by atoms with Gasteiger partial charge in [-0.3, -0.25) is 0 Å². The molecular formula is C9H8FN3O2. The van der Waals surface area contributed by atoms with Gasteiger partial charge in [-0.15, -0.1) is 10.2 Å². The van der Waals surface area contributed by atoms with Crippen molar-refractivity contribution < 1.29 is 13.5 Å². The van der Waals surface area contributed by atoms with E-state index in [1.807, 2.05) is 0 Å². The molecule has 5 nitrogen and oxygen atoms in total. The normalized spacial score (nSPS) is 10.2. The van der Waals surface area contributed by atoms with E-state index in [9.17, 15) is 4.39 Å². The van der Waals surface area contributed by atoms with Crippen molar-refractivity contribution in [1.82, 2.24) is 15.2 Å². The van der Waals surface area contributed by atoms with Gasteiger partial charge in [0.05, 0.1) is 13.0 Å². The minimum absolute atomic E-state index is 0.0167. The maximum atomic E-state index is 13.0. The zero-order valence-electron chi connectivity index (χ0n) is 7.76. The molecule has 0 atom stereocenters. The SMILES string of the molecule is Fc1cccnc1OCCc1nnco1. The Morgan fingerprint density at radius 2 is 2.40 bits per heavy atom. The lowest BCUT2D eigenvalue weighted by molar-refractivity contribution is 0.280. The monoisotopic (exact) mass is 209 g/mol. The van der Waals surface area contributed by atoms with Gasteiger partial charge >= 0.3 is 0 Å². The molecule has 15 heavy (non-hydrogen) atoms. The maximum Gasteiger partial charge on any atom is 0.250 e. The van der Waals surface area contributed by atoms with Crippen molar-refractivity contribution in [3.05, 3.63) is 36.4 Å². The van der Waals surface area contributed by atoms with Gasteiger partial charge in [-0.05, 0) is 12.1 Å². The van der Waals surface area contributed by atoms with Crippen molar-refractivity contribution in [3.63, 3.8) is 0 Å². The minimum atomic E-state index is -0.483. The number of rotatable bonds is 4. The van der Waals surface area contributed by atoms with E-state index in [0.29, 0.717) is 12.3 Å². The maximum absolute atomic E-state index is 13.0. The fraction of sp³-hybridized carbons (Fsp3) is 0.222. The number of pyridine rings is 1. The molecule has 0 radical (unpaired) electrons. The summed E-state index contributed by atoms with van der Waals surface area (Å²) in [7, 11) is 0. The highest BCUT2D eigenvalue weighted by atomic mass is 19.1. The first-order valence-electron chi connectivity index (χ1n) is 4.34. The molecule has 0 aliphatic heterocycles. The molecule has 0 saturated heterocycles. The van der Waals surface area contributed by atoms with Gasteiger partial charge in [-0.1, -0.05) is 0 Å². The Hall–Kier alpha value is -1.98. The fourth-order valence-electron chi connectivity index (χ4n) is 1.02. The summed E-state index contributed by atoms with van der Waals surface area (Å²) in [5.41, 5.74) is 0. The first-order chi connectivity index (χ1) is 7.36. The molecule has 78 valence electrons. The summed E-state index contributed by atoms with van der Waals surface area (Å²) in [4.78, 5) is 3.73. The number of aromatic nitrogens is 3. The molecule has 0 aliphatic rings. The molecule has 0 unspecified atom stereocenters. The summed E-state index contributed by atoms with van der Waals surface area (Å²) in [6, 6.07) is 2.79. The van der Waals surface area contributed by atoms with Gasteiger partial charge in [0.15, 0.2) is 5.82 Å². The highest BCUT2D eigenvalue weighted by Gasteiger charge is 2.04. The zero-order valence-corrected chi connectivity index (χ0v) is 7.76. The van der Waals surface area contributed by atoms with E-state index in [4.69, 9.17) is 9.15 Å². The van der Waals surface area contributed by atoms with Crippen LogP contribution in [-0.4, -0.2) is 21.8 Å². The molecule has 2 heterocycles. The van der Waals surface area contributed by atoms with Crippen LogP contribution in [0.4, 0.5) is 4.39 Å². The minimum Gasteiger partial charge on any atom is -0.475 e. The van der Waals surface area contributed by atoms with E-state index in [2.05, 4.69) is 15.2 Å². The fourth-order valence-corrected chi connectivity index (χ4v) is 1.02. The first-order valence-corrected chi connectivity index (χ1v) is 4.34. The number of nitrogens with zero attached hydrogens (tertiary/aromatic N) is 3. The molecule has 0 fully saturated rings. The zero-order chi connectivity index (χ0) is 10.5. The molecule has 6 heteroatoms. The largest absolute Gasteiger partial charge is 0.475 e. The number of hydrogen-bond acceptors (Lipinski definition) is 5. The quantitative estimate of drug-likeness (QED) is 0.757. The molecule has 0 saturated carbocycles. The van der Waals surface area contributed by atoms with Crippen molar-refractivity contribution in [2.45, 2.75) is 6.42 Å². The second-order valence-corrected chi connectivity index (χ2v) is 2.72. The van der Waals surface area contributed by atoms with Gasteiger partial charge in [-0.2, -0.15) is 0 Å². The Bertz CT molecular complexity index is 419. The van der Waals surface area contributed by atoms with Gasteiger partial charge in [0.25, 0.3) is 0 Å². The summed E-state index contributed by atoms with van der Waals surface area (Å²) < 4.78 is 23.0. The van der Waals surface area contributed by atoms with Crippen molar-refractivity contribution in [2.24, 2.45) is 0 Å². The van der Waals surface area contributed by atoms with E-state index < -0.39 is 5.82 Å². The van der Waals surface area contributed by atoms with Crippen LogP contribution in [0.1, 0.15) is 5.89 Å². The third kappa shape index (κ3) is 2.49. The summed E-state index contributed by atoms with van der Waals surface area (Å²) >= 11 is 0. The van der Waals surface area contributed by atoms with Crippen LogP contribution in [0, 0.1) is 5.82 Å². The molecule has 2 aromatic rings. The van der Waals surface area contributed by atoms with Gasteiger partial charge in [0, 0.05) is 6.20 Å². The molecule has 0 spiro atoms. The van der Waals surface area contributed by atoms with Crippen LogP contribution >= 0.6 is 0 Å². The molecule has 2 rings (SSSR count). The smallest absolute Gasteiger partial charge is 0.250 e. The van der Waals surface area contributed by atoms with E-state index >= 15 is 0 Å². The van der Waals surface area contributed by atoms with Crippen LogP contribution in [0.5, 0.6) is 5.88 Å². The summed E-state index contributed by atoms with van der Waals surface area (Å²) in [6.07, 6.45) is 3.12. The topological polar surface area (TPSA) is 61.0 Å². The van der Waals surface area contributed by atoms with Gasteiger partial charge < -0.3 is 9.15 Å². The van der Waals surface area contributed by atoms with E-state index in [1.165, 1.54) is 24.7 Å². The number of ether oxygens (including phenoxy) is 1. The van der Waals surface area contributed by atoms with Crippen LogP contribution in [0.15, 0.2) is 29.1 Å². The van der Waals surface area contributed by atoms with Crippen LogP contribution in [0.25, 0.3) is 0 Å². The van der Waals surface area contributed by atoms with Crippen LogP contribution < -0.4 is 4.74 Å². The Balaban J connectivity index is 1.86. The van der Waals surface area contributed by atoms with Crippen molar-refractivity contribution in [3.8, 4) is 5.88 Å². The van der Waals surface area contributed by atoms with Gasteiger partial charge in [0.2, 0.25) is 18.2 Å². The molecule has 0 N–H and O–H groups in total. The van der Waals surface area contributed by atoms with Gasteiger partial charge in [0.1, 0.15) is 0 Å². The highest BCUT2D eigenvalue weighted by Crippen LogP contribution is 2.11. The second-order valence-electron chi connectivity index (χ2n) is 2.72. The van der Waals surface area contributed by atoms with E-state index in [0.717, 1.165) is 0 Å². The first kappa shape index (κ1) is 9.57. The summed E-state index contributed by atoms with van der Waals surface area (Å²) in [5, 5.41) is 7.16. The highest BCUT2D eigenvalue weighted by molar-refractivity contribution is 5.12. The third-order valence-corrected chi connectivity index (χ3v) is 1.68. The second kappa shape index (κ2) is 4.50. The number of halogens is 1. The Kier molecular flexibility index (Phi) is 2.87. The summed E-state index contributed by atoms with van der Waals surface area (Å²) in [6.45, 7) is 0.246. The standard InChI is InChI=1S/C9H8FN3O2/c10-7-2-1-4-11-9(7)14-5-3-8-13-12-6-15-8/h1-2,4,6H,3,5H2. The average Bonchev–Trinajstić information content (AvgIpc) is 2.74. The van der Waals surface area contributed by atoms with Crippen molar-refractivity contribution in [2.75, 3.05) is 6.61 Å². The molecule has 0 amide bonds. The van der Waals surface area contributed by atoms with Crippen LogP contribution in [0.2, 0.25) is 0 Å². The lowest BCUT2D eigenvalue weighted by Crippen LogP contribution is -2.04. The van der Waals surface area contributed by atoms with Crippen molar-refractivity contribution in [1.29, 1.82) is 0 Å². The summed E-state index contributed by atoms with van der Waals surface area (Å²) in [5.74, 6) is -0.0496. The van der Waals surface area contributed by atoms with Crippen LogP contribution in [0.3, 0.4) is 0 Å². The molecule has 0 bridgehead atoms. The Morgan fingerprint density at radius 1 is 1.47 bits per heavy atom. The molecular weight excluding hydrogens is 201 g/mol. The molecule has 0 aliphatic carbocycles. The Morgan fingerprint density at radius 3 is 3.13 bits per heavy atom. The number of hydrogen-bond donors (Lipinski definition) is 0. The molecule has 0 aromatic carbocycles. The Labute approximate surface area is 84.9 Å². The molecule has 2 aromatic heterocycles. The van der Waals surface area contributed by atoms with Gasteiger partial charge in [-0.25, -0.2) is 9.37 Å². The van der Waals surface area contributed by atoms with E-state index in [1.54, 1.807) is 0 Å².